The van der Waals surface area contributed by atoms with Gasteiger partial charge in [-0.3, -0.25) is 19.4 Å². The summed E-state index contributed by atoms with van der Waals surface area (Å²) in [5.41, 5.74) is 22.3. The fourth-order valence-electron chi connectivity index (χ4n) is 6.68. The normalized spacial score (nSPS) is 13.6. The van der Waals surface area contributed by atoms with Crippen molar-refractivity contribution in [3.05, 3.63) is 108 Å². The molecule has 4 atom stereocenters. The fourth-order valence-corrected chi connectivity index (χ4v) is 6.68. The zero-order chi connectivity index (χ0) is 38.2. The van der Waals surface area contributed by atoms with E-state index in [9.17, 15) is 24.3 Å². The van der Waals surface area contributed by atoms with Crippen LogP contribution in [0.1, 0.15) is 29.5 Å². The Morgan fingerprint density at radius 3 is 1.54 bits per heavy atom. The van der Waals surface area contributed by atoms with Gasteiger partial charge in [0.1, 0.15) is 18.1 Å². The highest BCUT2D eigenvalue weighted by atomic mass is 16.4. The van der Waals surface area contributed by atoms with Crippen molar-refractivity contribution in [2.75, 3.05) is 6.54 Å². The highest BCUT2D eigenvalue weighted by Crippen LogP contribution is 2.22. The summed E-state index contributed by atoms with van der Waals surface area (Å²) >= 11 is 0. The average molecular weight is 733 g/mol. The first-order valence-corrected chi connectivity index (χ1v) is 17.7. The van der Waals surface area contributed by atoms with E-state index >= 15 is 0 Å². The number of carbonyl (C=O) groups excluding carboxylic acids is 3. The zero-order valence-corrected chi connectivity index (χ0v) is 29.5. The van der Waals surface area contributed by atoms with Crippen molar-refractivity contribution < 1.29 is 24.3 Å². The molecule has 54 heavy (non-hydrogen) atoms. The van der Waals surface area contributed by atoms with Crippen LogP contribution in [0.3, 0.4) is 0 Å². The summed E-state index contributed by atoms with van der Waals surface area (Å²) in [6.45, 7) is 0.165. The maximum Gasteiger partial charge on any atom is 0.326 e. The summed E-state index contributed by atoms with van der Waals surface area (Å²) in [5.74, 6) is -3.30. The van der Waals surface area contributed by atoms with Gasteiger partial charge in [-0.05, 0) is 54.2 Å². The number of para-hydroxylation sites is 3. The smallest absolute Gasteiger partial charge is 0.326 e. The Morgan fingerprint density at radius 1 is 0.611 bits per heavy atom. The molecule has 0 aliphatic carbocycles. The maximum absolute atomic E-state index is 14.2. The highest BCUT2D eigenvalue weighted by Gasteiger charge is 2.31. The molecule has 3 amide bonds. The molecule has 0 spiro atoms. The Morgan fingerprint density at radius 2 is 1.04 bits per heavy atom. The standard InChI is InChI=1S/C39H44N10O5/c40-28(16-22-19-44-29-11-4-1-8-25(22)29)35(50)48-33(17-23-20-45-30-12-5-2-9-26(23)30)37(52)47-32(14-7-15-43-39(41)42)36(51)49-34(38(53)54)18-24-21-46-31-13-6-3-10-27(24)31/h1-6,8-13,19-21,28,32-34,44-46H,7,14-18,40H2,(H,47,52)(H,48,50)(H,49,51)(H,53,54)(H4,41,42,43). The van der Waals surface area contributed by atoms with Crippen LogP contribution >= 0.6 is 0 Å². The third kappa shape index (κ3) is 8.87. The molecular weight excluding hydrogens is 688 g/mol. The Bertz CT molecular complexity index is 2300. The van der Waals surface area contributed by atoms with E-state index in [0.717, 1.165) is 43.8 Å². The molecule has 0 fully saturated rings. The minimum atomic E-state index is -1.31. The number of nitrogens with zero attached hydrogens (tertiary/aromatic N) is 1. The van der Waals surface area contributed by atoms with Crippen molar-refractivity contribution in [3.8, 4) is 0 Å². The molecule has 3 aromatic carbocycles. The number of hydrogen-bond acceptors (Lipinski definition) is 6. The van der Waals surface area contributed by atoms with Gasteiger partial charge in [0.2, 0.25) is 17.7 Å². The number of aromatic amines is 3. The second-order valence-corrected chi connectivity index (χ2v) is 13.3. The van der Waals surface area contributed by atoms with Crippen molar-refractivity contribution in [2.24, 2.45) is 22.2 Å². The first-order chi connectivity index (χ1) is 26.1. The Kier molecular flexibility index (Phi) is 11.6. The summed E-state index contributed by atoms with van der Waals surface area (Å²) in [6.07, 6.45) is 5.91. The molecule has 0 radical (unpaired) electrons. The van der Waals surface area contributed by atoms with E-state index in [4.69, 9.17) is 17.2 Å². The van der Waals surface area contributed by atoms with Crippen LogP contribution in [0.25, 0.3) is 32.7 Å². The lowest BCUT2D eigenvalue weighted by atomic mass is 10.0. The molecule has 0 saturated heterocycles. The van der Waals surface area contributed by atoms with Gasteiger partial charge in [0.15, 0.2) is 5.96 Å². The zero-order valence-electron chi connectivity index (χ0n) is 29.5. The van der Waals surface area contributed by atoms with E-state index < -0.39 is 47.9 Å². The Hall–Kier alpha value is -6.61. The van der Waals surface area contributed by atoms with E-state index in [0.29, 0.717) is 5.56 Å². The van der Waals surface area contributed by atoms with Crippen LogP contribution in [-0.2, 0) is 38.4 Å². The second-order valence-electron chi connectivity index (χ2n) is 13.3. The number of aliphatic carboxylic acids is 1. The van der Waals surface area contributed by atoms with Crippen molar-refractivity contribution >= 4 is 62.4 Å². The van der Waals surface area contributed by atoms with Gasteiger partial charge in [0, 0.05) is 70.7 Å². The summed E-state index contributed by atoms with van der Waals surface area (Å²) < 4.78 is 0. The number of guanidine groups is 1. The van der Waals surface area contributed by atoms with Crippen molar-refractivity contribution in [2.45, 2.75) is 56.3 Å². The van der Waals surface area contributed by atoms with Crippen molar-refractivity contribution in [3.63, 3.8) is 0 Å². The minimum Gasteiger partial charge on any atom is -0.480 e. The van der Waals surface area contributed by atoms with Crippen molar-refractivity contribution in [1.82, 2.24) is 30.9 Å². The van der Waals surface area contributed by atoms with Gasteiger partial charge < -0.3 is 53.2 Å². The van der Waals surface area contributed by atoms with Crippen LogP contribution in [0, 0.1) is 0 Å². The number of hydrogen-bond donors (Lipinski definition) is 10. The van der Waals surface area contributed by atoms with Crippen LogP contribution in [0.5, 0.6) is 0 Å². The SMILES string of the molecule is NC(N)=NCCCC(NC(=O)C(Cc1c[nH]c2ccccc12)NC(=O)C(N)Cc1c[nH]c2ccccc12)C(=O)NC(Cc1c[nH]c2ccccc12)C(=O)O. The number of carboxylic acid groups (broad SMARTS) is 1. The van der Waals surface area contributed by atoms with Gasteiger partial charge in [0.05, 0.1) is 6.04 Å². The van der Waals surface area contributed by atoms with E-state index in [-0.39, 0.29) is 44.6 Å². The number of nitrogens with one attached hydrogen (secondary N) is 6. The number of carboxylic acids is 1. The van der Waals surface area contributed by atoms with Gasteiger partial charge in [-0.15, -0.1) is 0 Å². The van der Waals surface area contributed by atoms with E-state index in [1.54, 1.807) is 12.4 Å². The van der Waals surface area contributed by atoms with Crippen LogP contribution in [0.2, 0.25) is 0 Å². The number of rotatable bonds is 17. The summed E-state index contributed by atoms with van der Waals surface area (Å²) in [6, 6.07) is 18.0. The minimum absolute atomic E-state index is 0.00663. The molecule has 0 aliphatic heterocycles. The van der Waals surface area contributed by atoms with Crippen LogP contribution < -0.4 is 33.2 Å². The van der Waals surface area contributed by atoms with Crippen molar-refractivity contribution in [1.29, 1.82) is 0 Å². The summed E-state index contributed by atoms with van der Waals surface area (Å²) in [4.78, 5) is 67.6. The number of nitrogens with two attached hydrogens (primary N) is 3. The molecular formula is C39H44N10O5. The average Bonchev–Trinajstić information content (AvgIpc) is 3.89. The molecule has 0 aliphatic rings. The lowest BCUT2D eigenvalue weighted by Crippen LogP contribution is -2.58. The Labute approximate surface area is 310 Å². The first kappa shape index (κ1) is 37.2. The predicted molar refractivity (Wildman–Crippen MR) is 207 cm³/mol. The number of H-pyrrole nitrogens is 3. The molecule has 15 nitrogen and oxygen atoms in total. The van der Waals surface area contributed by atoms with Gasteiger partial charge >= 0.3 is 5.97 Å². The molecule has 6 aromatic rings. The van der Waals surface area contributed by atoms with Crippen LogP contribution in [0.15, 0.2) is 96.4 Å². The highest BCUT2D eigenvalue weighted by molar-refractivity contribution is 5.95. The number of aliphatic imine (C=N–C) groups is 1. The first-order valence-electron chi connectivity index (χ1n) is 17.7. The summed E-state index contributed by atoms with van der Waals surface area (Å²) in [7, 11) is 0. The van der Waals surface area contributed by atoms with Gasteiger partial charge in [-0.2, -0.15) is 0 Å². The van der Waals surface area contributed by atoms with Crippen LogP contribution in [-0.4, -0.2) is 80.4 Å². The predicted octanol–water partition coefficient (Wildman–Crippen LogP) is 2.08. The molecule has 4 unspecified atom stereocenters. The molecule has 3 heterocycles. The Balaban J connectivity index is 1.22. The number of fused-ring (bicyclic) bond motifs is 3. The van der Waals surface area contributed by atoms with E-state index in [1.165, 1.54) is 0 Å². The maximum atomic E-state index is 14.2. The molecule has 0 bridgehead atoms. The molecule has 3 aromatic heterocycles. The molecule has 0 saturated carbocycles. The lowest BCUT2D eigenvalue weighted by Gasteiger charge is -2.25. The number of carbonyl (C=O) groups is 4. The van der Waals surface area contributed by atoms with Gasteiger partial charge in [-0.25, -0.2) is 4.79 Å². The third-order valence-corrected chi connectivity index (χ3v) is 9.48. The number of aromatic nitrogens is 3. The third-order valence-electron chi connectivity index (χ3n) is 9.48. The largest absolute Gasteiger partial charge is 0.480 e. The fraction of sp³-hybridized carbons (Fsp3) is 0.256. The quantitative estimate of drug-likeness (QED) is 0.0376. The molecule has 280 valence electrons. The van der Waals surface area contributed by atoms with Gasteiger partial charge in [-0.1, -0.05) is 54.6 Å². The monoisotopic (exact) mass is 732 g/mol. The molecule has 13 N–H and O–H groups in total. The summed E-state index contributed by atoms with van der Waals surface area (Å²) in [5, 5.41) is 21.0. The van der Waals surface area contributed by atoms with Crippen LogP contribution in [0.4, 0.5) is 0 Å². The molecule has 15 heteroatoms. The second kappa shape index (κ2) is 16.8. The molecule has 6 rings (SSSR count). The van der Waals surface area contributed by atoms with E-state index in [2.05, 4.69) is 35.9 Å². The number of amides is 3. The van der Waals surface area contributed by atoms with E-state index in [1.807, 2.05) is 79.0 Å². The topological polar surface area (TPSA) is 262 Å². The van der Waals surface area contributed by atoms with Gasteiger partial charge in [0.25, 0.3) is 0 Å². The number of benzene rings is 3. The lowest BCUT2D eigenvalue weighted by molar-refractivity contribution is -0.142.